The van der Waals surface area contributed by atoms with Crippen molar-refractivity contribution in [3.63, 3.8) is 0 Å². The zero-order chi connectivity index (χ0) is 20.9. The van der Waals surface area contributed by atoms with E-state index in [1.54, 1.807) is 17.5 Å². The third-order valence-electron chi connectivity index (χ3n) is 5.47. The summed E-state index contributed by atoms with van der Waals surface area (Å²) in [5, 5.41) is 13.3. The Kier molecular flexibility index (Phi) is 6.23. The van der Waals surface area contributed by atoms with E-state index in [-0.39, 0.29) is 5.92 Å². The van der Waals surface area contributed by atoms with Crippen molar-refractivity contribution in [3.8, 4) is 10.6 Å². The number of nitrogens with one attached hydrogen (secondary N) is 1. The summed E-state index contributed by atoms with van der Waals surface area (Å²) < 4.78 is 0. The summed E-state index contributed by atoms with van der Waals surface area (Å²) in [6.45, 7) is 0.897. The highest BCUT2D eigenvalue weighted by Gasteiger charge is 2.27. The van der Waals surface area contributed by atoms with Crippen LogP contribution in [0.25, 0.3) is 10.6 Å². The van der Waals surface area contributed by atoms with E-state index in [2.05, 4.69) is 27.2 Å². The number of carboxylic acid groups (broad SMARTS) is 1. The topological polar surface area (TPSA) is 91.2 Å². The minimum absolute atomic E-state index is 0.170. The predicted octanol–water partition coefficient (Wildman–Crippen LogP) is 4.67. The Labute approximate surface area is 179 Å². The van der Waals surface area contributed by atoms with Gasteiger partial charge in [-0.1, -0.05) is 23.5 Å². The molecule has 1 saturated carbocycles. The number of hydrogen-bond donors (Lipinski definition) is 2. The average Bonchev–Trinajstić information content (AvgIpc) is 3.26. The summed E-state index contributed by atoms with van der Waals surface area (Å²) in [6.07, 6.45) is 7.08. The van der Waals surface area contributed by atoms with Gasteiger partial charge in [-0.25, -0.2) is 15.0 Å². The molecule has 0 radical (unpaired) electrons. The summed E-state index contributed by atoms with van der Waals surface area (Å²) >= 11 is 1.62. The molecule has 30 heavy (non-hydrogen) atoms. The van der Waals surface area contributed by atoms with Gasteiger partial charge in [-0.05, 0) is 55.9 Å². The standard InChI is InChI=1S/C22H25N5O2S/c1-27(14-15-8-10-16(11-9-15)21(28)29)22-24-13-18(30-22)17-5-4-7-20(25-17)26-19-6-2-3-12-23-19/h2-7,12-13,15-16H,8-11,14H2,1H3,(H,28,29)(H,23,25,26)/t15-,16-. The molecule has 7 nitrogen and oxygen atoms in total. The second-order valence-electron chi connectivity index (χ2n) is 7.69. The van der Waals surface area contributed by atoms with E-state index < -0.39 is 5.97 Å². The third kappa shape index (κ3) is 4.94. The first-order chi connectivity index (χ1) is 14.6. The number of carbonyl (C=O) groups is 1. The number of carboxylic acids is 1. The molecule has 0 aromatic carbocycles. The average molecular weight is 424 g/mol. The van der Waals surface area contributed by atoms with Crippen LogP contribution in [0.3, 0.4) is 0 Å². The molecule has 8 heteroatoms. The molecule has 0 unspecified atom stereocenters. The van der Waals surface area contributed by atoms with Crippen LogP contribution in [-0.2, 0) is 4.79 Å². The van der Waals surface area contributed by atoms with E-state index in [9.17, 15) is 4.79 Å². The van der Waals surface area contributed by atoms with Gasteiger partial charge < -0.3 is 15.3 Å². The van der Waals surface area contributed by atoms with Gasteiger partial charge >= 0.3 is 5.97 Å². The van der Waals surface area contributed by atoms with E-state index in [0.29, 0.717) is 5.92 Å². The SMILES string of the molecule is CN(C[C@H]1CC[C@H](C(=O)O)CC1)c1ncc(-c2cccc(Nc3ccccn3)n2)s1. The quantitative estimate of drug-likeness (QED) is 0.570. The molecule has 3 aromatic heterocycles. The lowest BCUT2D eigenvalue weighted by Gasteiger charge is -2.29. The molecule has 156 valence electrons. The first-order valence-corrected chi connectivity index (χ1v) is 11.0. The Balaban J connectivity index is 1.39. The zero-order valence-electron chi connectivity index (χ0n) is 16.9. The van der Waals surface area contributed by atoms with Gasteiger partial charge in [0.25, 0.3) is 0 Å². The third-order valence-corrected chi connectivity index (χ3v) is 6.60. The normalized spacial score (nSPS) is 18.7. The molecule has 0 amide bonds. The van der Waals surface area contributed by atoms with Crippen LogP contribution in [0.4, 0.5) is 16.8 Å². The van der Waals surface area contributed by atoms with Crippen LogP contribution < -0.4 is 10.2 Å². The van der Waals surface area contributed by atoms with Gasteiger partial charge in [-0.2, -0.15) is 0 Å². The van der Waals surface area contributed by atoms with Gasteiger partial charge in [0.2, 0.25) is 0 Å². The maximum Gasteiger partial charge on any atom is 0.306 e. The molecule has 1 aliphatic carbocycles. The summed E-state index contributed by atoms with van der Waals surface area (Å²) in [5.41, 5.74) is 0.870. The highest BCUT2D eigenvalue weighted by molar-refractivity contribution is 7.18. The molecule has 0 bridgehead atoms. The molecule has 4 rings (SSSR count). The van der Waals surface area contributed by atoms with Crippen LogP contribution in [0.2, 0.25) is 0 Å². The lowest BCUT2D eigenvalue weighted by molar-refractivity contribution is -0.143. The van der Waals surface area contributed by atoms with Crippen LogP contribution in [-0.4, -0.2) is 39.6 Å². The van der Waals surface area contributed by atoms with Gasteiger partial charge in [-0.3, -0.25) is 4.79 Å². The molecule has 0 atom stereocenters. The minimum Gasteiger partial charge on any atom is -0.481 e. The van der Waals surface area contributed by atoms with E-state index in [1.807, 2.05) is 42.6 Å². The number of anilines is 3. The van der Waals surface area contributed by atoms with E-state index >= 15 is 0 Å². The van der Waals surface area contributed by atoms with Crippen molar-refractivity contribution >= 4 is 34.1 Å². The number of nitrogens with zero attached hydrogens (tertiary/aromatic N) is 4. The monoisotopic (exact) mass is 423 g/mol. The molecule has 0 aliphatic heterocycles. The Morgan fingerprint density at radius 1 is 1.13 bits per heavy atom. The van der Waals surface area contributed by atoms with Gasteiger partial charge in [-0.15, -0.1) is 0 Å². The van der Waals surface area contributed by atoms with Crippen molar-refractivity contribution in [1.29, 1.82) is 0 Å². The number of aliphatic carboxylic acids is 1. The summed E-state index contributed by atoms with van der Waals surface area (Å²) in [7, 11) is 2.05. The van der Waals surface area contributed by atoms with Crippen molar-refractivity contribution < 1.29 is 9.90 Å². The Morgan fingerprint density at radius 3 is 2.67 bits per heavy atom. The molecular formula is C22H25N5O2S. The maximum atomic E-state index is 11.1. The van der Waals surface area contributed by atoms with Gasteiger partial charge in [0.15, 0.2) is 5.13 Å². The van der Waals surface area contributed by atoms with Crippen LogP contribution in [0.1, 0.15) is 25.7 Å². The molecule has 0 saturated heterocycles. The molecule has 1 fully saturated rings. The lowest BCUT2D eigenvalue weighted by Crippen LogP contribution is -2.30. The predicted molar refractivity (Wildman–Crippen MR) is 119 cm³/mol. The Morgan fingerprint density at radius 2 is 1.93 bits per heavy atom. The van der Waals surface area contributed by atoms with E-state index in [4.69, 9.17) is 10.1 Å². The van der Waals surface area contributed by atoms with Crippen molar-refractivity contribution in [2.24, 2.45) is 11.8 Å². The second kappa shape index (κ2) is 9.21. The fraction of sp³-hybridized carbons (Fsp3) is 0.364. The van der Waals surface area contributed by atoms with Crippen LogP contribution >= 0.6 is 11.3 Å². The lowest BCUT2D eigenvalue weighted by atomic mass is 9.82. The Hall–Kier alpha value is -3.00. The van der Waals surface area contributed by atoms with Crippen molar-refractivity contribution in [2.45, 2.75) is 25.7 Å². The van der Waals surface area contributed by atoms with E-state index in [0.717, 1.165) is 59.6 Å². The smallest absolute Gasteiger partial charge is 0.306 e. The van der Waals surface area contributed by atoms with Crippen LogP contribution in [0.5, 0.6) is 0 Å². The highest BCUT2D eigenvalue weighted by atomic mass is 32.1. The minimum atomic E-state index is -0.654. The first kappa shape index (κ1) is 20.3. The first-order valence-electron chi connectivity index (χ1n) is 10.1. The molecule has 3 aromatic rings. The maximum absolute atomic E-state index is 11.1. The highest BCUT2D eigenvalue weighted by Crippen LogP contribution is 2.33. The van der Waals surface area contributed by atoms with Gasteiger partial charge in [0.1, 0.15) is 11.6 Å². The van der Waals surface area contributed by atoms with Crippen molar-refractivity contribution in [1.82, 2.24) is 15.0 Å². The number of pyridine rings is 2. The van der Waals surface area contributed by atoms with Crippen molar-refractivity contribution in [3.05, 3.63) is 48.8 Å². The van der Waals surface area contributed by atoms with Crippen LogP contribution in [0.15, 0.2) is 48.8 Å². The fourth-order valence-corrected chi connectivity index (χ4v) is 4.68. The number of thiazole rings is 1. The summed E-state index contributed by atoms with van der Waals surface area (Å²) in [4.78, 5) is 27.9. The molecule has 1 aliphatic rings. The van der Waals surface area contributed by atoms with Gasteiger partial charge in [0, 0.05) is 26.0 Å². The van der Waals surface area contributed by atoms with E-state index in [1.165, 1.54) is 0 Å². The van der Waals surface area contributed by atoms with Gasteiger partial charge in [0.05, 0.1) is 16.5 Å². The molecule has 3 heterocycles. The molecular weight excluding hydrogens is 398 g/mol. The molecule has 2 N–H and O–H groups in total. The largest absolute Gasteiger partial charge is 0.481 e. The molecule has 0 spiro atoms. The summed E-state index contributed by atoms with van der Waals surface area (Å²) in [6, 6.07) is 11.6. The van der Waals surface area contributed by atoms with Crippen LogP contribution in [0, 0.1) is 11.8 Å². The fourth-order valence-electron chi connectivity index (χ4n) is 3.83. The number of rotatable bonds is 7. The van der Waals surface area contributed by atoms with Crippen molar-refractivity contribution in [2.75, 3.05) is 23.8 Å². The second-order valence-corrected chi connectivity index (χ2v) is 8.70. The Bertz CT molecular complexity index is 986. The zero-order valence-corrected chi connectivity index (χ0v) is 17.7. The number of aromatic nitrogens is 3. The summed E-state index contributed by atoms with van der Waals surface area (Å²) in [5.74, 6) is 1.19. The number of hydrogen-bond acceptors (Lipinski definition) is 7.